The van der Waals surface area contributed by atoms with Crippen LogP contribution in [0.15, 0.2) is 0 Å². The van der Waals surface area contributed by atoms with Crippen LogP contribution in [0, 0.1) is 0 Å². The summed E-state index contributed by atoms with van der Waals surface area (Å²) in [4.78, 5) is 33.7. The van der Waals surface area contributed by atoms with Crippen molar-refractivity contribution in [3.8, 4) is 0 Å². The molecule has 0 aliphatic rings. The van der Waals surface area contributed by atoms with Gasteiger partial charge in [0.25, 0.3) is 0 Å². The molecular weight excluding hydrogens is 641 g/mol. The molecule has 0 radical (unpaired) electrons. The number of rotatable bonds is 39. The number of phosphoric ester groups is 1. The van der Waals surface area contributed by atoms with E-state index in [2.05, 4.69) is 19.2 Å². The average Bonchev–Trinajstić information content (AvgIpc) is 3.08. The van der Waals surface area contributed by atoms with Crippen LogP contribution in [0.1, 0.15) is 206 Å². The molecule has 2 unspecified atom stereocenters. The van der Waals surface area contributed by atoms with E-state index in [9.17, 15) is 24.2 Å². The van der Waals surface area contributed by atoms with Crippen LogP contribution in [0.2, 0.25) is 0 Å². The minimum atomic E-state index is -4.40. The van der Waals surface area contributed by atoms with E-state index in [-0.39, 0.29) is 32.1 Å². The summed E-state index contributed by atoms with van der Waals surface area (Å²) in [5.41, 5.74) is 0. The molecule has 0 bridgehead atoms. The fourth-order valence-corrected chi connectivity index (χ4v) is 6.67. The number of ether oxygens (including phenoxy) is 1. The van der Waals surface area contributed by atoms with Gasteiger partial charge in [0.1, 0.15) is 12.7 Å². The van der Waals surface area contributed by atoms with Gasteiger partial charge in [0.15, 0.2) is 0 Å². The molecule has 0 aromatic rings. The van der Waals surface area contributed by atoms with E-state index in [1.165, 1.54) is 141 Å². The van der Waals surface area contributed by atoms with Gasteiger partial charge in [-0.2, -0.15) is 0 Å². The highest BCUT2D eigenvalue weighted by atomic mass is 31.2. The number of aliphatic hydroxyl groups excluding tert-OH is 1. The Kier molecular flexibility index (Phi) is 36.0. The van der Waals surface area contributed by atoms with E-state index in [4.69, 9.17) is 13.8 Å². The Balaban J connectivity index is 3.51. The number of phosphoric acid groups is 1. The monoisotopic (exact) mass is 720 g/mol. The molecule has 49 heavy (non-hydrogen) atoms. The summed E-state index contributed by atoms with van der Waals surface area (Å²) >= 11 is 0. The molecule has 0 aliphatic carbocycles. The van der Waals surface area contributed by atoms with E-state index in [0.29, 0.717) is 6.42 Å². The van der Waals surface area contributed by atoms with Crippen LogP contribution in [-0.2, 0) is 27.9 Å². The lowest BCUT2D eigenvalue weighted by Crippen LogP contribution is -2.27. The second-order valence-electron chi connectivity index (χ2n) is 14.0. The second-order valence-corrected chi connectivity index (χ2v) is 15.4. The van der Waals surface area contributed by atoms with Crippen LogP contribution in [0.5, 0.6) is 0 Å². The second kappa shape index (κ2) is 36.8. The molecule has 0 spiro atoms. The average molecular weight is 720 g/mol. The van der Waals surface area contributed by atoms with Crippen LogP contribution >= 0.6 is 7.82 Å². The summed E-state index contributed by atoms with van der Waals surface area (Å²) in [6.07, 6.45) is 34.8. The molecule has 0 rings (SSSR count). The number of esters is 1. The zero-order valence-electron chi connectivity index (χ0n) is 31.9. The first-order valence-corrected chi connectivity index (χ1v) is 22.0. The Morgan fingerprint density at radius 1 is 0.551 bits per heavy atom. The summed E-state index contributed by atoms with van der Waals surface area (Å²) < 4.78 is 26.7. The molecular formula is C39H78NO8P. The molecule has 2 atom stereocenters. The van der Waals surface area contributed by atoms with Gasteiger partial charge in [-0.05, 0) is 12.8 Å². The molecule has 0 heterocycles. The van der Waals surface area contributed by atoms with Crippen molar-refractivity contribution in [2.24, 2.45) is 0 Å². The van der Waals surface area contributed by atoms with E-state index in [0.717, 1.165) is 38.5 Å². The van der Waals surface area contributed by atoms with E-state index < -0.39 is 26.5 Å². The maximum absolute atomic E-state index is 12.0. The van der Waals surface area contributed by atoms with Crippen LogP contribution in [0.25, 0.3) is 0 Å². The van der Waals surface area contributed by atoms with Crippen molar-refractivity contribution in [2.75, 3.05) is 26.4 Å². The van der Waals surface area contributed by atoms with Gasteiger partial charge in [0, 0.05) is 19.4 Å². The largest absolute Gasteiger partial charge is 0.472 e. The molecule has 10 heteroatoms. The van der Waals surface area contributed by atoms with Gasteiger partial charge in [-0.25, -0.2) is 4.57 Å². The fourth-order valence-electron chi connectivity index (χ4n) is 5.91. The van der Waals surface area contributed by atoms with Gasteiger partial charge in [-0.3, -0.25) is 18.6 Å². The van der Waals surface area contributed by atoms with E-state index >= 15 is 0 Å². The van der Waals surface area contributed by atoms with Crippen molar-refractivity contribution in [3.63, 3.8) is 0 Å². The minimum absolute atomic E-state index is 0.0881. The topological polar surface area (TPSA) is 131 Å². The third kappa shape index (κ3) is 38.1. The Labute approximate surface area is 301 Å². The molecule has 3 N–H and O–H groups in total. The van der Waals surface area contributed by atoms with Crippen molar-refractivity contribution in [1.29, 1.82) is 0 Å². The highest BCUT2D eigenvalue weighted by Gasteiger charge is 2.23. The maximum Gasteiger partial charge on any atom is 0.472 e. The number of carbonyl (C=O) groups excluding carboxylic acids is 2. The number of carbonyl (C=O) groups is 2. The quantitative estimate of drug-likeness (QED) is 0.0325. The van der Waals surface area contributed by atoms with E-state index in [1.807, 2.05) is 0 Å². The predicted molar refractivity (Wildman–Crippen MR) is 202 cm³/mol. The Hall–Kier alpha value is -0.990. The third-order valence-corrected chi connectivity index (χ3v) is 10.0. The highest BCUT2D eigenvalue weighted by molar-refractivity contribution is 7.47. The SMILES string of the molecule is CCCCCCCCCCCCCCCCCCCCCCC(=O)NCCOP(=O)(O)OCC(O)COC(=O)CCCCCCCCCC. The van der Waals surface area contributed by atoms with Gasteiger partial charge >= 0.3 is 13.8 Å². The van der Waals surface area contributed by atoms with Crippen molar-refractivity contribution >= 4 is 19.7 Å². The minimum Gasteiger partial charge on any atom is -0.463 e. The zero-order chi connectivity index (χ0) is 36.1. The normalized spacial score (nSPS) is 13.3. The van der Waals surface area contributed by atoms with Gasteiger partial charge < -0.3 is 20.1 Å². The van der Waals surface area contributed by atoms with Crippen molar-refractivity contribution in [3.05, 3.63) is 0 Å². The molecule has 9 nitrogen and oxygen atoms in total. The van der Waals surface area contributed by atoms with Gasteiger partial charge in [-0.1, -0.05) is 181 Å². The van der Waals surface area contributed by atoms with Crippen LogP contribution in [0.4, 0.5) is 0 Å². The van der Waals surface area contributed by atoms with E-state index in [1.54, 1.807) is 0 Å². The number of hydrogen-bond acceptors (Lipinski definition) is 7. The highest BCUT2D eigenvalue weighted by Crippen LogP contribution is 2.42. The summed E-state index contributed by atoms with van der Waals surface area (Å²) in [5, 5.41) is 12.6. The molecule has 0 aromatic carbocycles. The summed E-state index contributed by atoms with van der Waals surface area (Å²) in [6.45, 7) is 3.54. The first-order chi connectivity index (χ1) is 23.8. The van der Waals surface area contributed by atoms with Crippen LogP contribution in [0.3, 0.4) is 0 Å². The zero-order valence-corrected chi connectivity index (χ0v) is 32.8. The maximum atomic E-state index is 12.0. The lowest BCUT2D eigenvalue weighted by atomic mass is 10.0. The predicted octanol–water partition coefficient (Wildman–Crippen LogP) is 10.9. The number of unbranched alkanes of at least 4 members (excludes halogenated alkanes) is 26. The van der Waals surface area contributed by atoms with Gasteiger partial charge in [0.2, 0.25) is 5.91 Å². The Morgan fingerprint density at radius 2 is 0.918 bits per heavy atom. The third-order valence-electron chi connectivity index (χ3n) is 9.04. The Morgan fingerprint density at radius 3 is 1.33 bits per heavy atom. The van der Waals surface area contributed by atoms with Crippen LogP contribution < -0.4 is 5.32 Å². The summed E-state index contributed by atoms with van der Waals surface area (Å²) in [5.74, 6) is -0.511. The first-order valence-electron chi connectivity index (χ1n) is 20.5. The van der Waals surface area contributed by atoms with Gasteiger partial charge in [0.05, 0.1) is 13.2 Å². The molecule has 0 saturated heterocycles. The number of aliphatic hydroxyl groups is 1. The van der Waals surface area contributed by atoms with Gasteiger partial charge in [-0.15, -0.1) is 0 Å². The summed E-state index contributed by atoms with van der Waals surface area (Å²) in [7, 11) is -4.40. The number of hydrogen-bond donors (Lipinski definition) is 3. The summed E-state index contributed by atoms with van der Waals surface area (Å²) in [6, 6.07) is 0. The van der Waals surface area contributed by atoms with Crippen molar-refractivity contribution in [2.45, 2.75) is 213 Å². The standard InChI is InChI=1S/C39H78NO8P/c1-3-5-7-9-11-13-14-15-16-17-18-19-20-21-22-23-24-25-27-29-31-38(42)40-33-34-47-49(44,45)48-36-37(41)35-46-39(43)32-30-28-26-12-10-8-6-4-2/h37,41H,3-36H2,1-2H3,(H,40,42)(H,44,45). The van der Waals surface area contributed by atoms with Crippen molar-refractivity contribution in [1.82, 2.24) is 5.32 Å². The first kappa shape index (κ1) is 48.0. The molecule has 0 aromatic heterocycles. The molecule has 1 amide bonds. The molecule has 0 fully saturated rings. The molecule has 0 aliphatic heterocycles. The molecule has 292 valence electrons. The van der Waals surface area contributed by atoms with Crippen molar-refractivity contribution < 1.29 is 37.9 Å². The lowest BCUT2D eigenvalue weighted by Gasteiger charge is -2.15. The number of amides is 1. The Bertz CT molecular complexity index is 784. The molecule has 0 saturated carbocycles. The smallest absolute Gasteiger partial charge is 0.463 e. The fraction of sp³-hybridized carbons (Fsp3) is 0.949. The number of nitrogens with one attached hydrogen (secondary N) is 1. The lowest BCUT2D eigenvalue weighted by molar-refractivity contribution is -0.147. The van der Waals surface area contributed by atoms with Crippen LogP contribution in [-0.4, -0.2) is 54.3 Å².